The Morgan fingerprint density at radius 2 is 1.95 bits per heavy atom. The van der Waals surface area contributed by atoms with E-state index < -0.39 is 0 Å². The molecule has 21 heavy (non-hydrogen) atoms. The summed E-state index contributed by atoms with van der Waals surface area (Å²) in [4.78, 5) is 16.2. The fourth-order valence-electron chi connectivity index (χ4n) is 2.19. The maximum absolute atomic E-state index is 11.9. The van der Waals surface area contributed by atoms with Gasteiger partial charge in [-0.05, 0) is 0 Å². The van der Waals surface area contributed by atoms with Gasteiger partial charge in [0.2, 0.25) is 11.8 Å². The van der Waals surface area contributed by atoms with Gasteiger partial charge < -0.3 is 9.52 Å². The molecule has 1 aromatic heterocycles. The molecule has 2 N–H and O–H groups in total. The number of carbonyl (C=O) groups excluding carboxylic acids is 1. The van der Waals surface area contributed by atoms with Crippen LogP contribution < -0.4 is 5.32 Å². The first-order chi connectivity index (χ1) is 10.1. The minimum atomic E-state index is -0.149. The van der Waals surface area contributed by atoms with Crippen molar-refractivity contribution in [3.8, 4) is 0 Å². The minimum Gasteiger partial charge on any atom is -0.408 e. The van der Waals surface area contributed by atoms with E-state index in [0.29, 0.717) is 19.0 Å². The molecule has 0 bridgehead atoms. The van der Waals surface area contributed by atoms with Crippen LogP contribution in [-0.2, 0) is 4.79 Å². The third kappa shape index (κ3) is 4.76. The lowest BCUT2D eigenvalue weighted by atomic mass is 10.2. The number of amides is 1. The van der Waals surface area contributed by atoms with E-state index in [0.717, 1.165) is 26.2 Å². The maximum Gasteiger partial charge on any atom is 0.322 e. The Bertz CT molecular complexity index is 454. The molecule has 0 atom stereocenters. The number of aliphatic hydroxyl groups excluding tert-OH is 1. The van der Waals surface area contributed by atoms with Crippen LogP contribution in [-0.4, -0.2) is 76.9 Å². The Morgan fingerprint density at radius 3 is 2.52 bits per heavy atom. The topological polar surface area (TPSA) is 94.7 Å². The molecule has 1 amide bonds. The van der Waals surface area contributed by atoms with Gasteiger partial charge in [-0.25, -0.2) is 0 Å². The van der Waals surface area contributed by atoms with Gasteiger partial charge >= 0.3 is 6.01 Å². The lowest BCUT2D eigenvalue weighted by molar-refractivity contribution is -0.117. The SMILES string of the molecule is CC(C)c1nnc(NC(=O)CN2CCN(CCO)CC2)o1. The number of nitrogens with one attached hydrogen (secondary N) is 1. The van der Waals surface area contributed by atoms with Gasteiger partial charge in [0.1, 0.15) is 0 Å². The monoisotopic (exact) mass is 297 g/mol. The van der Waals surface area contributed by atoms with E-state index in [9.17, 15) is 4.79 Å². The molecule has 0 unspecified atom stereocenters. The van der Waals surface area contributed by atoms with E-state index >= 15 is 0 Å². The summed E-state index contributed by atoms with van der Waals surface area (Å²) in [5, 5.41) is 19.2. The van der Waals surface area contributed by atoms with Gasteiger partial charge in [-0.15, -0.1) is 5.10 Å². The van der Waals surface area contributed by atoms with Gasteiger partial charge in [0.15, 0.2) is 0 Å². The number of β-amino-alcohol motifs (C(OH)–C–C–N with tert-alkyl or cyclic N) is 1. The Balaban J connectivity index is 1.74. The predicted molar refractivity (Wildman–Crippen MR) is 77.0 cm³/mol. The summed E-state index contributed by atoms with van der Waals surface area (Å²) in [7, 11) is 0. The van der Waals surface area contributed by atoms with Crippen LogP contribution in [0.5, 0.6) is 0 Å². The average Bonchev–Trinajstić information content (AvgIpc) is 2.90. The first kappa shape index (κ1) is 15.9. The van der Waals surface area contributed by atoms with Gasteiger partial charge in [0.05, 0.1) is 13.2 Å². The normalized spacial score (nSPS) is 17.3. The summed E-state index contributed by atoms with van der Waals surface area (Å²) in [6.07, 6.45) is 0. The number of anilines is 1. The van der Waals surface area contributed by atoms with Crippen molar-refractivity contribution in [3.05, 3.63) is 5.89 Å². The van der Waals surface area contributed by atoms with Crippen molar-refractivity contribution < 1.29 is 14.3 Å². The molecule has 1 saturated heterocycles. The Hall–Kier alpha value is -1.51. The summed E-state index contributed by atoms with van der Waals surface area (Å²) in [6, 6.07) is 0.155. The molecule has 1 aromatic rings. The molecule has 2 rings (SSSR count). The first-order valence-electron chi connectivity index (χ1n) is 7.27. The van der Waals surface area contributed by atoms with Gasteiger partial charge in [-0.3, -0.25) is 19.9 Å². The largest absolute Gasteiger partial charge is 0.408 e. The Morgan fingerprint density at radius 1 is 1.29 bits per heavy atom. The fourth-order valence-corrected chi connectivity index (χ4v) is 2.19. The number of aliphatic hydroxyl groups is 1. The average molecular weight is 297 g/mol. The molecule has 1 aliphatic heterocycles. The summed E-state index contributed by atoms with van der Waals surface area (Å²) < 4.78 is 5.35. The van der Waals surface area contributed by atoms with E-state index in [4.69, 9.17) is 9.52 Å². The molecule has 0 saturated carbocycles. The number of piperazine rings is 1. The van der Waals surface area contributed by atoms with Crippen molar-refractivity contribution in [2.45, 2.75) is 19.8 Å². The molecule has 8 nitrogen and oxygen atoms in total. The van der Waals surface area contributed by atoms with Crippen molar-refractivity contribution in [2.24, 2.45) is 0 Å². The number of rotatable bonds is 6. The highest BCUT2D eigenvalue weighted by Crippen LogP contribution is 2.14. The molecular weight excluding hydrogens is 274 g/mol. The zero-order chi connectivity index (χ0) is 15.2. The second-order valence-electron chi connectivity index (χ2n) is 5.49. The van der Waals surface area contributed by atoms with Crippen LogP contribution in [0.1, 0.15) is 25.7 Å². The van der Waals surface area contributed by atoms with E-state index in [-0.39, 0.29) is 24.4 Å². The summed E-state index contributed by atoms with van der Waals surface area (Å²) in [5.41, 5.74) is 0. The molecular formula is C13H23N5O3. The van der Waals surface area contributed by atoms with Gasteiger partial charge in [-0.1, -0.05) is 18.9 Å². The minimum absolute atomic E-state index is 0.141. The second kappa shape index (κ2) is 7.48. The van der Waals surface area contributed by atoms with Crippen LogP contribution in [0.15, 0.2) is 4.42 Å². The van der Waals surface area contributed by atoms with E-state index in [1.54, 1.807) is 0 Å². The summed E-state index contributed by atoms with van der Waals surface area (Å²) in [6.45, 7) is 8.44. The van der Waals surface area contributed by atoms with Crippen LogP contribution in [0, 0.1) is 0 Å². The van der Waals surface area contributed by atoms with Crippen LogP contribution >= 0.6 is 0 Å². The van der Waals surface area contributed by atoms with Crippen molar-refractivity contribution in [1.82, 2.24) is 20.0 Å². The van der Waals surface area contributed by atoms with E-state index in [1.165, 1.54) is 0 Å². The molecule has 0 aliphatic carbocycles. The van der Waals surface area contributed by atoms with Crippen molar-refractivity contribution in [2.75, 3.05) is 51.2 Å². The van der Waals surface area contributed by atoms with Gasteiger partial charge in [-0.2, -0.15) is 0 Å². The quantitative estimate of drug-likeness (QED) is 0.747. The van der Waals surface area contributed by atoms with E-state index in [2.05, 4.69) is 25.3 Å². The highest BCUT2D eigenvalue weighted by atomic mass is 16.4. The number of carbonyl (C=O) groups is 1. The third-order valence-corrected chi connectivity index (χ3v) is 3.43. The first-order valence-corrected chi connectivity index (χ1v) is 7.27. The van der Waals surface area contributed by atoms with Crippen LogP contribution in [0.2, 0.25) is 0 Å². The molecule has 2 heterocycles. The number of nitrogens with zero attached hydrogens (tertiary/aromatic N) is 4. The molecule has 0 radical (unpaired) electrons. The molecule has 1 fully saturated rings. The summed E-state index contributed by atoms with van der Waals surface area (Å²) in [5.74, 6) is 0.509. The van der Waals surface area contributed by atoms with Crippen molar-refractivity contribution in [3.63, 3.8) is 0 Å². The Labute approximate surface area is 124 Å². The zero-order valence-corrected chi connectivity index (χ0v) is 12.6. The molecule has 8 heteroatoms. The highest BCUT2D eigenvalue weighted by molar-refractivity contribution is 5.90. The number of aromatic nitrogens is 2. The van der Waals surface area contributed by atoms with Crippen LogP contribution in [0.4, 0.5) is 6.01 Å². The molecule has 1 aliphatic rings. The predicted octanol–water partition coefficient (Wildman–Crippen LogP) is -0.259. The second-order valence-corrected chi connectivity index (χ2v) is 5.49. The summed E-state index contributed by atoms with van der Waals surface area (Å²) >= 11 is 0. The lowest BCUT2D eigenvalue weighted by Gasteiger charge is -2.33. The van der Waals surface area contributed by atoms with E-state index in [1.807, 2.05) is 13.8 Å². The smallest absolute Gasteiger partial charge is 0.322 e. The molecule has 0 aromatic carbocycles. The number of hydrogen-bond donors (Lipinski definition) is 2. The molecule has 118 valence electrons. The van der Waals surface area contributed by atoms with Crippen LogP contribution in [0.3, 0.4) is 0 Å². The Kier molecular flexibility index (Phi) is 5.66. The number of hydrogen-bond acceptors (Lipinski definition) is 7. The third-order valence-electron chi connectivity index (χ3n) is 3.43. The van der Waals surface area contributed by atoms with Crippen LogP contribution in [0.25, 0.3) is 0 Å². The highest BCUT2D eigenvalue weighted by Gasteiger charge is 2.19. The maximum atomic E-state index is 11.9. The standard InChI is InChI=1S/C13H23N5O3/c1-10(2)12-15-16-13(21-12)14-11(20)9-18-5-3-17(4-6-18)7-8-19/h10,19H,3-9H2,1-2H3,(H,14,16,20). The van der Waals surface area contributed by atoms with Gasteiger partial charge in [0.25, 0.3) is 0 Å². The lowest BCUT2D eigenvalue weighted by Crippen LogP contribution is -2.49. The fraction of sp³-hybridized carbons (Fsp3) is 0.769. The molecule has 0 spiro atoms. The zero-order valence-electron chi connectivity index (χ0n) is 12.6. The van der Waals surface area contributed by atoms with Crippen molar-refractivity contribution in [1.29, 1.82) is 0 Å². The van der Waals surface area contributed by atoms with Crippen molar-refractivity contribution >= 4 is 11.9 Å². The van der Waals surface area contributed by atoms with Gasteiger partial charge in [0, 0.05) is 38.6 Å².